The third-order valence-electron chi connectivity index (χ3n) is 14.2. The highest BCUT2D eigenvalue weighted by Crippen LogP contribution is 2.57. The summed E-state index contributed by atoms with van der Waals surface area (Å²) < 4.78 is 0. The van der Waals surface area contributed by atoms with Gasteiger partial charge in [0.1, 0.15) is 0 Å². The first-order valence-electron chi connectivity index (χ1n) is 22.5. The Kier molecular flexibility index (Phi) is 8.58. The maximum Gasteiger partial charge on any atom is 0.0618 e. The Balaban J connectivity index is 1.08. The van der Waals surface area contributed by atoms with Gasteiger partial charge in [0, 0.05) is 38.8 Å². The normalized spacial score (nSPS) is 14.2. The zero-order chi connectivity index (χ0) is 43.2. The molecule has 0 unspecified atom stereocenters. The van der Waals surface area contributed by atoms with Crippen molar-refractivity contribution in [3.05, 3.63) is 241 Å². The molecule has 0 spiro atoms. The van der Waals surface area contributed by atoms with Crippen LogP contribution in [0.2, 0.25) is 0 Å². The molecule has 0 amide bonds. The van der Waals surface area contributed by atoms with Crippen LogP contribution in [0.15, 0.2) is 218 Å². The summed E-state index contributed by atoms with van der Waals surface area (Å²) in [6, 6.07) is 81.0. The molecule has 2 heteroatoms. The van der Waals surface area contributed by atoms with Gasteiger partial charge >= 0.3 is 0 Å². The number of hydrogen-bond donors (Lipinski definition) is 0. The quantitative estimate of drug-likeness (QED) is 0.165. The highest BCUT2D eigenvalue weighted by atomic mass is 15.2. The van der Waals surface area contributed by atoms with E-state index in [-0.39, 0.29) is 10.8 Å². The summed E-state index contributed by atoms with van der Waals surface area (Å²) in [5.41, 5.74) is 19.3. The number of hydrogen-bond acceptors (Lipinski definition) is 2. The maximum atomic E-state index is 2.56. The fraction of sp³-hybridized carbons (Fsp3) is 0.0968. The van der Waals surface area contributed by atoms with Crippen LogP contribution in [0.5, 0.6) is 0 Å². The van der Waals surface area contributed by atoms with E-state index < -0.39 is 0 Å². The first-order valence-corrected chi connectivity index (χ1v) is 22.5. The van der Waals surface area contributed by atoms with Gasteiger partial charge in [-0.2, -0.15) is 0 Å². The summed E-state index contributed by atoms with van der Waals surface area (Å²) in [6.07, 6.45) is 0. The molecule has 64 heavy (non-hydrogen) atoms. The molecule has 1 heterocycles. The Bertz CT molecular complexity index is 3450. The standard InChI is InChI=1S/C62H48N2/c1-61(2)54-23-13-12-22-52(54)53-36-33-48(39-56(53)61)63(47-31-28-43(29-32-47)41-16-6-5-7-17-41)49-34-37-59-57(40-49)62(3,4)55-24-14-15-25-58(55)64(59)60-50-21-11-10-19-44(50)30-35-51(60)46-27-26-42-18-8-9-20-45(42)38-46/h5-40H,1-4H3. The number of rotatable bonds is 6. The average molecular weight is 821 g/mol. The Morgan fingerprint density at radius 1 is 0.328 bits per heavy atom. The molecule has 2 aliphatic rings. The van der Waals surface area contributed by atoms with Crippen molar-refractivity contribution in [3.63, 3.8) is 0 Å². The highest BCUT2D eigenvalue weighted by Gasteiger charge is 2.39. The molecule has 12 rings (SSSR count). The number of anilines is 6. The van der Waals surface area contributed by atoms with Crippen LogP contribution in [0.3, 0.4) is 0 Å². The van der Waals surface area contributed by atoms with Crippen LogP contribution >= 0.6 is 0 Å². The molecule has 0 aromatic heterocycles. The molecule has 1 aliphatic carbocycles. The van der Waals surface area contributed by atoms with Crippen molar-refractivity contribution in [1.29, 1.82) is 0 Å². The zero-order valence-corrected chi connectivity index (χ0v) is 36.7. The fourth-order valence-corrected chi connectivity index (χ4v) is 10.9. The van der Waals surface area contributed by atoms with Crippen LogP contribution in [-0.2, 0) is 10.8 Å². The lowest BCUT2D eigenvalue weighted by atomic mass is 9.73. The summed E-state index contributed by atoms with van der Waals surface area (Å²) in [5, 5.41) is 4.92. The number of benzene rings is 10. The molecule has 0 bridgehead atoms. The molecule has 0 saturated heterocycles. The summed E-state index contributed by atoms with van der Waals surface area (Å²) >= 11 is 0. The minimum absolute atomic E-state index is 0.131. The molecule has 0 N–H and O–H groups in total. The van der Waals surface area contributed by atoms with Crippen molar-refractivity contribution in [2.24, 2.45) is 0 Å². The van der Waals surface area contributed by atoms with Gasteiger partial charge < -0.3 is 9.80 Å². The van der Waals surface area contributed by atoms with Gasteiger partial charge in [0.05, 0.1) is 17.1 Å². The molecule has 1 aliphatic heterocycles. The first-order chi connectivity index (χ1) is 31.3. The van der Waals surface area contributed by atoms with Crippen molar-refractivity contribution in [3.8, 4) is 33.4 Å². The van der Waals surface area contributed by atoms with Gasteiger partial charge in [0.2, 0.25) is 0 Å². The second-order valence-electron chi connectivity index (χ2n) is 18.6. The van der Waals surface area contributed by atoms with E-state index in [1.54, 1.807) is 0 Å². The number of fused-ring (bicyclic) bond motifs is 7. The molecule has 306 valence electrons. The molecule has 10 aromatic carbocycles. The summed E-state index contributed by atoms with van der Waals surface area (Å²) in [7, 11) is 0. The predicted molar refractivity (Wildman–Crippen MR) is 271 cm³/mol. The van der Waals surface area contributed by atoms with E-state index in [2.05, 4.69) is 256 Å². The Morgan fingerprint density at radius 2 is 0.859 bits per heavy atom. The molecule has 0 atom stereocenters. The average Bonchev–Trinajstić information content (AvgIpc) is 3.57. The lowest BCUT2D eigenvalue weighted by Crippen LogP contribution is -2.31. The van der Waals surface area contributed by atoms with Crippen molar-refractivity contribution in [2.45, 2.75) is 38.5 Å². The SMILES string of the molecule is CC1(C)c2ccccc2-c2ccc(N(c3ccc(-c4ccccc4)cc3)c3ccc4c(c3)C(C)(C)c3ccccc3N4c3c(-c4ccc5ccccc5c4)ccc4ccccc34)cc21. The second-order valence-corrected chi connectivity index (χ2v) is 18.6. The molecule has 2 nitrogen and oxygen atoms in total. The van der Waals surface area contributed by atoms with Gasteiger partial charge in [-0.1, -0.05) is 191 Å². The van der Waals surface area contributed by atoms with Gasteiger partial charge in [0.15, 0.2) is 0 Å². The summed E-state index contributed by atoms with van der Waals surface area (Å²) in [5.74, 6) is 0. The molecular formula is C62H48N2. The van der Waals surface area contributed by atoms with Crippen LogP contribution < -0.4 is 9.80 Å². The Hall–Kier alpha value is -7.68. The smallest absolute Gasteiger partial charge is 0.0618 e. The third kappa shape index (κ3) is 5.86. The molecule has 0 fully saturated rings. The van der Waals surface area contributed by atoms with Crippen LogP contribution in [0, 0.1) is 0 Å². The van der Waals surface area contributed by atoms with E-state index in [0.717, 1.165) is 17.1 Å². The van der Waals surface area contributed by atoms with E-state index >= 15 is 0 Å². The molecule has 10 aromatic rings. The number of nitrogens with zero attached hydrogens (tertiary/aromatic N) is 2. The van der Waals surface area contributed by atoms with Gasteiger partial charge in [-0.25, -0.2) is 0 Å². The van der Waals surface area contributed by atoms with Gasteiger partial charge in [-0.15, -0.1) is 0 Å². The Morgan fingerprint density at radius 3 is 1.67 bits per heavy atom. The van der Waals surface area contributed by atoms with Crippen LogP contribution in [0.25, 0.3) is 54.9 Å². The van der Waals surface area contributed by atoms with Crippen molar-refractivity contribution < 1.29 is 0 Å². The number of para-hydroxylation sites is 1. The summed E-state index contributed by atoms with van der Waals surface area (Å²) in [6.45, 7) is 9.53. The van der Waals surface area contributed by atoms with Gasteiger partial charge in [-0.3, -0.25) is 0 Å². The van der Waals surface area contributed by atoms with Crippen LogP contribution in [-0.4, -0.2) is 0 Å². The lowest BCUT2D eigenvalue weighted by molar-refractivity contribution is 0.632. The second kappa shape index (κ2) is 14.4. The van der Waals surface area contributed by atoms with Crippen LogP contribution in [0.1, 0.15) is 49.9 Å². The molecule has 0 radical (unpaired) electrons. The maximum absolute atomic E-state index is 2.56. The van der Waals surface area contributed by atoms with Crippen molar-refractivity contribution in [1.82, 2.24) is 0 Å². The fourth-order valence-electron chi connectivity index (χ4n) is 10.9. The van der Waals surface area contributed by atoms with Crippen LogP contribution in [0.4, 0.5) is 34.1 Å². The van der Waals surface area contributed by atoms with E-state index in [9.17, 15) is 0 Å². The minimum Gasteiger partial charge on any atom is -0.310 e. The lowest BCUT2D eigenvalue weighted by Gasteiger charge is -2.43. The van der Waals surface area contributed by atoms with E-state index in [1.807, 2.05) is 0 Å². The Labute approximate surface area is 376 Å². The van der Waals surface area contributed by atoms with Gasteiger partial charge in [-0.05, 0) is 121 Å². The third-order valence-corrected chi connectivity index (χ3v) is 14.2. The van der Waals surface area contributed by atoms with E-state index in [0.29, 0.717) is 0 Å². The van der Waals surface area contributed by atoms with Gasteiger partial charge in [0.25, 0.3) is 0 Å². The van der Waals surface area contributed by atoms with E-state index in [4.69, 9.17) is 0 Å². The summed E-state index contributed by atoms with van der Waals surface area (Å²) in [4.78, 5) is 5.02. The highest BCUT2D eigenvalue weighted by molar-refractivity contribution is 6.08. The largest absolute Gasteiger partial charge is 0.310 e. The van der Waals surface area contributed by atoms with E-state index in [1.165, 1.54) is 94.2 Å². The minimum atomic E-state index is -0.309. The zero-order valence-electron chi connectivity index (χ0n) is 36.7. The topological polar surface area (TPSA) is 6.48 Å². The molecular weight excluding hydrogens is 773 g/mol. The van der Waals surface area contributed by atoms with Crippen molar-refractivity contribution >= 4 is 55.7 Å². The molecule has 0 saturated carbocycles. The van der Waals surface area contributed by atoms with Crippen molar-refractivity contribution in [2.75, 3.05) is 9.80 Å². The monoisotopic (exact) mass is 820 g/mol. The first kappa shape index (κ1) is 38.0. The predicted octanol–water partition coefficient (Wildman–Crippen LogP) is 17.2.